The first-order valence-corrected chi connectivity index (χ1v) is 9.80. The summed E-state index contributed by atoms with van der Waals surface area (Å²) in [5.41, 5.74) is 0.516. The lowest BCUT2D eigenvalue weighted by molar-refractivity contribution is -0.137. The van der Waals surface area contributed by atoms with Gasteiger partial charge in [0.1, 0.15) is 11.9 Å². The molecule has 1 aromatic carbocycles. The highest BCUT2D eigenvalue weighted by atomic mass is 79.9. The maximum Gasteiger partial charge on any atom is 0.247 e. The van der Waals surface area contributed by atoms with E-state index >= 15 is 0 Å². The minimum atomic E-state index is -0.297. The lowest BCUT2D eigenvalue weighted by Gasteiger charge is -2.36. The van der Waals surface area contributed by atoms with Crippen molar-refractivity contribution in [3.8, 4) is 0 Å². The highest BCUT2D eigenvalue weighted by molar-refractivity contribution is 9.10. The zero-order chi connectivity index (χ0) is 18.7. The van der Waals surface area contributed by atoms with E-state index in [2.05, 4.69) is 25.9 Å². The van der Waals surface area contributed by atoms with E-state index in [1.807, 2.05) is 18.0 Å². The summed E-state index contributed by atoms with van der Waals surface area (Å²) in [5, 5.41) is 4.69. The van der Waals surface area contributed by atoms with Crippen molar-refractivity contribution in [2.24, 2.45) is 0 Å². The molecule has 5 nitrogen and oxygen atoms in total. The Kier molecular flexibility index (Phi) is 6.32. The van der Waals surface area contributed by atoms with Gasteiger partial charge in [-0.1, -0.05) is 24.6 Å². The Bertz CT molecular complexity index is 756. The molecule has 1 amide bonds. The van der Waals surface area contributed by atoms with Crippen LogP contribution in [0.4, 0.5) is 4.39 Å². The van der Waals surface area contributed by atoms with Gasteiger partial charge in [0.2, 0.25) is 5.91 Å². The molecule has 0 saturated carbocycles. The zero-order valence-corrected chi connectivity index (χ0v) is 16.9. The molecule has 1 aromatic heterocycles. The maximum atomic E-state index is 14.0. The van der Waals surface area contributed by atoms with Gasteiger partial charge in [-0.2, -0.15) is 5.10 Å². The Hall–Kier alpha value is -1.44. The summed E-state index contributed by atoms with van der Waals surface area (Å²) in [6.07, 6.45) is 4.19. The van der Waals surface area contributed by atoms with Crippen LogP contribution in [0.2, 0.25) is 5.02 Å². The smallest absolute Gasteiger partial charge is 0.247 e. The normalized spacial score (nSPS) is 16.7. The number of hydrogen-bond acceptors (Lipinski definition) is 3. The third-order valence-electron chi connectivity index (χ3n) is 4.69. The van der Waals surface area contributed by atoms with E-state index in [9.17, 15) is 9.18 Å². The van der Waals surface area contributed by atoms with Gasteiger partial charge in [0.15, 0.2) is 0 Å². The molecule has 140 valence electrons. The third-order valence-corrected chi connectivity index (χ3v) is 5.45. The fourth-order valence-electron chi connectivity index (χ4n) is 3.20. The molecule has 0 bridgehead atoms. The van der Waals surface area contributed by atoms with Gasteiger partial charge in [-0.05, 0) is 34.5 Å². The van der Waals surface area contributed by atoms with Gasteiger partial charge >= 0.3 is 0 Å². The number of amides is 1. The average molecular weight is 444 g/mol. The van der Waals surface area contributed by atoms with Crippen LogP contribution in [0.5, 0.6) is 0 Å². The van der Waals surface area contributed by atoms with Crippen molar-refractivity contribution in [3.63, 3.8) is 0 Å². The molecule has 1 unspecified atom stereocenters. The summed E-state index contributed by atoms with van der Waals surface area (Å²) in [4.78, 5) is 16.9. The van der Waals surface area contributed by atoms with E-state index in [1.54, 1.807) is 23.0 Å². The van der Waals surface area contributed by atoms with Crippen LogP contribution in [0.1, 0.15) is 24.9 Å². The van der Waals surface area contributed by atoms with E-state index in [4.69, 9.17) is 11.6 Å². The standard InChI is InChI=1S/C18H21BrClFN4O/c1-2-17(25-11-13(19)10-22-25)18(26)24-8-6-23(7-9-24)12-14-15(20)4-3-5-16(14)21/h3-5,10-11,17H,2,6-9,12H2,1H3. The first-order chi connectivity index (χ1) is 12.5. The van der Waals surface area contributed by atoms with Crippen molar-refractivity contribution in [3.05, 3.63) is 51.5 Å². The van der Waals surface area contributed by atoms with Crippen LogP contribution in [-0.2, 0) is 11.3 Å². The quantitative estimate of drug-likeness (QED) is 0.707. The van der Waals surface area contributed by atoms with Crippen molar-refractivity contribution in [2.75, 3.05) is 26.2 Å². The molecular formula is C18H21BrClFN4O. The number of aromatic nitrogens is 2. The number of piperazine rings is 1. The number of benzene rings is 1. The Morgan fingerprint density at radius 1 is 1.35 bits per heavy atom. The summed E-state index contributed by atoms with van der Waals surface area (Å²) >= 11 is 9.48. The monoisotopic (exact) mass is 442 g/mol. The predicted molar refractivity (Wildman–Crippen MR) is 103 cm³/mol. The highest BCUT2D eigenvalue weighted by Crippen LogP contribution is 2.22. The third kappa shape index (κ3) is 4.27. The molecule has 26 heavy (non-hydrogen) atoms. The van der Waals surface area contributed by atoms with Gasteiger partial charge in [0, 0.05) is 49.5 Å². The fourth-order valence-corrected chi connectivity index (χ4v) is 3.73. The molecule has 1 aliphatic heterocycles. The molecule has 1 saturated heterocycles. The molecule has 1 fully saturated rings. The summed E-state index contributed by atoms with van der Waals surface area (Å²) in [7, 11) is 0. The molecule has 0 radical (unpaired) electrons. The van der Waals surface area contributed by atoms with Crippen LogP contribution >= 0.6 is 27.5 Å². The summed E-state index contributed by atoms with van der Waals surface area (Å²) < 4.78 is 16.5. The maximum absolute atomic E-state index is 14.0. The van der Waals surface area contributed by atoms with Crippen molar-refractivity contribution in [1.29, 1.82) is 0 Å². The molecule has 2 aromatic rings. The molecule has 0 spiro atoms. The number of hydrogen-bond donors (Lipinski definition) is 0. The molecule has 0 N–H and O–H groups in total. The number of nitrogens with zero attached hydrogens (tertiary/aromatic N) is 4. The van der Waals surface area contributed by atoms with E-state index in [1.165, 1.54) is 6.07 Å². The van der Waals surface area contributed by atoms with Crippen LogP contribution in [0.25, 0.3) is 0 Å². The van der Waals surface area contributed by atoms with Crippen LogP contribution in [0, 0.1) is 5.82 Å². The van der Waals surface area contributed by atoms with Gasteiger partial charge < -0.3 is 4.90 Å². The highest BCUT2D eigenvalue weighted by Gasteiger charge is 2.28. The largest absolute Gasteiger partial charge is 0.338 e. The molecule has 3 rings (SSSR count). The minimum Gasteiger partial charge on any atom is -0.338 e. The van der Waals surface area contributed by atoms with Gasteiger partial charge in [-0.15, -0.1) is 0 Å². The van der Waals surface area contributed by atoms with E-state index in [0.29, 0.717) is 49.7 Å². The van der Waals surface area contributed by atoms with E-state index in [-0.39, 0.29) is 17.8 Å². The summed E-state index contributed by atoms with van der Waals surface area (Å²) in [6.45, 7) is 5.05. The number of carbonyl (C=O) groups excluding carboxylic acids is 1. The predicted octanol–water partition coefficient (Wildman–Crippen LogP) is 3.73. The van der Waals surface area contributed by atoms with Crippen LogP contribution in [-0.4, -0.2) is 51.7 Å². The Balaban J connectivity index is 1.60. The second-order valence-corrected chi connectivity index (χ2v) is 7.69. The molecule has 1 atom stereocenters. The van der Waals surface area contributed by atoms with Gasteiger partial charge in [-0.3, -0.25) is 14.4 Å². The van der Waals surface area contributed by atoms with Crippen LogP contribution in [0.15, 0.2) is 35.1 Å². The average Bonchev–Trinajstić information content (AvgIpc) is 3.05. The van der Waals surface area contributed by atoms with Crippen LogP contribution < -0.4 is 0 Å². The van der Waals surface area contributed by atoms with Gasteiger partial charge in [-0.25, -0.2) is 4.39 Å². The Morgan fingerprint density at radius 3 is 2.65 bits per heavy atom. The fraction of sp³-hybridized carbons (Fsp3) is 0.444. The van der Waals surface area contributed by atoms with E-state index in [0.717, 1.165) is 4.47 Å². The Morgan fingerprint density at radius 2 is 2.08 bits per heavy atom. The van der Waals surface area contributed by atoms with Crippen LogP contribution in [0.3, 0.4) is 0 Å². The van der Waals surface area contributed by atoms with E-state index < -0.39 is 0 Å². The SMILES string of the molecule is CCC(C(=O)N1CCN(Cc2c(F)cccc2Cl)CC1)n1cc(Br)cn1. The number of halogens is 3. The molecule has 1 aliphatic rings. The zero-order valence-electron chi connectivity index (χ0n) is 14.5. The number of carbonyl (C=O) groups is 1. The first-order valence-electron chi connectivity index (χ1n) is 8.63. The molecule has 0 aliphatic carbocycles. The summed E-state index contributed by atoms with van der Waals surface area (Å²) in [6, 6.07) is 4.44. The van der Waals surface area contributed by atoms with Crippen molar-refractivity contribution in [2.45, 2.75) is 25.9 Å². The first kappa shape index (κ1) is 19.3. The second kappa shape index (κ2) is 8.50. The van der Waals surface area contributed by atoms with Crippen molar-refractivity contribution < 1.29 is 9.18 Å². The lowest BCUT2D eigenvalue weighted by Crippen LogP contribution is -2.50. The summed E-state index contributed by atoms with van der Waals surface area (Å²) in [5.74, 6) is -0.210. The minimum absolute atomic E-state index is 0.0756. The lowest BCUT2D eigenvalue weighted by atomic mass is 10.1. The number of rotatable bonds is 5. The molecule has 2 heterocycles. The van der Waals surface area contributed by atoms with Gasteiger partial charge in [0.05, 0.1) is 10.7 Å². The van der Waals surface area contributed by atoms with Gasteiger partial charge in [0.25, 0.3) is 0 Å². The van der Waals surface area contributed by atoms with Crippen molar-refractivity contribution >= 4 is 33.4 Å². The molecule has 8 heteroatoms. The van der Waals surface area contributed by atoms with Crippen molar-refractivity contribution in [1.82, 2.24) is 19.6 Å². The molecular weight excluding hydrogens is 423 g/mol. The Labute approximate surface area is 165 Å². The second-order valence-electron chi connectivity index (χ2n) is 6.36. The topological polar surface area (TPSA) is 41.4 Å².